The molecule has 1 aliphatic rings. The molecule has 1 fully saturated rings. The molecule has 7 heteroatoms. The lowest BCUT2D eigenvalue weighted by molar-refractivity contribution is 0.101. The SMILES string of the molecule is CC(=O)c1ccc(N2CCN(Cc3nnc(-c4ccc(Cl)cc4)o3)CC2)cc1. The van der Waals surface area contributed by atoms with Gasteiger partial charge in [-0.3, -0.25) is 9.69 Å². The summed E-state index contributed by atoms with van der Waals surface area (Å²) < 4.78 is 5.81. The van der Waals surface area contributed by atoms with Crippen LogP contribution in [0, 0.1) is 0 Å². The van der Waals surface area contributed by atoms with Gasteiger partial charge >= 0.3 is 0 Å². The summed E-state index contributed by atoms with van der Waals surface area (Å²) in [6.45, 7) is 5.87. The molecule has 0 amide bonds. The third-order valence-corrected chi connectivity index (χ3v) is 5.18. The predicted molar refractivity (Wildman–Crippen MR) is 109 cm³/mol. The van der Waals surface area contributed by atoms with Crippen molar-refractivity contribution in [2.45, 2.75) is 13.5 Å². The minimum atomic E-state index is 0.0916. The van der Waals surface area contributed by atoms with Crippen molar-refractivity contribution in [3.05, 3.63) is 65.0 Å². The van der Waals surface area contributed by atoms with Crippen LogP contribution in [0.15, 0.2) is 52.9 Å². The molecule has 3 aromatic rings. The Morgan fingerprint density at radius 1 is 1.00 bits per heavy atom. The van der Waals surface area contributed by atoms with E-state index >= 15 is 0 Å². The monoisotopic (exact) mass is 396 g/mol. The number of halogens is 1. The highest BCUT2D eigenvalue weighted by molar-refractivity contribution is 6.30. The van der Waals surface area contributed by atoms with Crippen LogP contribution in [0.3, 0.4) is 0 Å². The summed E-state index contributed by atoms with van der Waals surface area (Å²) in [5.74, 6) is 1.22. The lowest BCUT2D eigenvalue weighted by atomic mass is 10.1. The molecule has 6 nitrogen and oxygen atoms in total. The van der Waals surface area contributed by atoms with Crippen molar-refractivity contribution in [3.8, 4) is 11.5 Å². The number of carbonyl (C=O) groups excluding carboxylic acids is 1. The summed E-state index contributed by atoms with van der Waals surface area (Å²) in [5.41, 5.74) is 2.75. The van der Waals surface area contributed by atoms with Crippen molar-refractivity contribution in [2.75, 3.05) is 31.1 Å². The Balaban J connectivity index is 1.33. The Morgan fingerprint density at radius 2 is 1.68 bits per heavy atom. The number of ketones is 1. The van der Waals surface area contributed by atoms with E-state index in [1.165, 1.54) is 0 Å². The van der Waals surface area contributed by atoms with Gasteiger partial charge in [0.1, 0.15) is 0 Å². The first kappa shape index (κ1) is 18.7. The molecule has 0 spiro atoms. The van der Waals surface area contributed by atoms with Gasteiger partial charge in [0.05, 0.1) is 6.54 Å². The first-order valence-electron chi connectivity index (χ1n) is 9.25. The maximum Gasteiger partial charge on any atom is 0.247 e. The predicted octanol–water partition coefficient (Wildman–Crippen LogP) is 3.91. The highest BCUT2D eigenvalue weighted by Gasteiger charge is 2.20. The van der Waals surface area contributed by atoms with Crippen LogP contribution in [0.25, 0.3) is 11.5 Å². The van der Waals surface area contributed by atoms with Gasteiger partial charge in [-0.05, 0) is 55.5 Å². The lowest BCUT2D eigenvalue weighted by Gasteiger charge is -2.35. The van der Waals surface area contributed by atoms with Crippen molar-refractivity contribution in [1.29, 1.82) is 0 Å². The number of benzene rings is 2. The molecule has 1 saturated heterocycles. The zero-order chi connectivity index (χ0) is 19.5. The van der Waals surface area contributed by atoms with Crippen LogP contribution in [0.2, 0.25) is 5.02 Å². The highest BCUT2D eigenvalue weighted by Crippen LogP contribution is 2.22. The van der Waals surface area contributed by atoms with E-state index in [-0.39, 0.29) is 5.78 Å². The average molecular weight is 397 g/mol. The number of nitrogens with zero attached hydrogens (tertiary/aromatic N) is 4. The second-order valence-electron chi connectivity index (χ2n) is 6.87. The molecule has 144 valence electrons. The molecule has 1 aromatic heterocycles. The molecule has 0 saturated carbocycles. The normalized spacial score (nSPS) is 15.0. The molecule has 0 N–H and O–H groups in total. The number of rotatable bonds is 5. The quantitative estimate of drug-likeness (QED) is 0.609. The fourth-order valence-electron chi connectivity index (χ4n) is 3.29. The molecule has 1 aliphatic heterocycles. The zero-order valence-electron chi connectivity index (χ0n) is 15.6. The summed E-state index contributed by atoms with van der Waals surface area (Å²) in [6.07, 6.45) is 0. The van der Waals surface area contributed by atoms with Crippen LogP contribution in [-0.2, 0) is 6.54 Å². The molecule has 2 aromatic carbocycles. The van der Waals surface area contributed by atoms with Crippen LogP contribution in [0.4, 0.5) is 5.69 Å². The Kier molecular flexibility index (Phi) is 5.41. The highest BCUT2D eigenvalue weighted by atomic mass is 35.5. The van der Waals surface area contributed by atoms with Crippen LogP contribution in [0.5, 0.6) is 0 Å². The number of carbonyl (C=O) groups is 1. The van der Waals surface area contributed by atoms with Crippen molar-refractivity contribution < 1.29 is 9.21 Å². The summed E-state index contributed by atoms with van der Waals surface area (Å²) in [4.78, 5) is 16.0. The third-order valence-electron chi connectivity index (χ3n) is 4.93. The maximum absolute atomic E-state index is 11.4. The number of hydrogen-bond donors (Lipinski definition) is 0. The van der Waals surface area contributed by atoms with E-state index in [1.54, 1.807) is 6.92 Å². The molecular formula is C21H21ClN4O2. The largest absolute Gasteiger partial charge is 0.419 e. The minimum Gasteiger partial charge on any atom is -0.419 e. The van der Waals surface area contributed by atoms with Gasteiger partial charge in [0.2, 0.25) is 11.8 Å². The second-order valence-corrected chi connectivity index (χ2v) is 7.31. The Labute approximate surface area is 168 Å². The topological polar surface area (TPSA) is 62.5 Å². The summed E-state index contributed by atoms with van der Waals surface area (Å²) in [7, 11) is 0. The standard InChI is InChI=1S/C21H21ClN4O2/c1-15(27)16-4-8-19(9-5-16)26-12-10-25(11-13-26)14-20-23-24-21(28-20)17-2-6-18(22)7-3-17/h2-9H,10-14H2,1H3. The summed E-state index contributed by atoms with van der Waals surface area (Å²) >= 11 is 5.92. The molecule has 28 heavy (non-hydrogen) atoms. The number of hydrogen-bond acceptors (Lipinski definition) is 6. The van der Waals surface area contributed by atoms with Gasteiger partial charge in [-0.15, -0.1) is 10.2 Å². The Bertz CT molecular complexity index is 945. The van der Waals surface area contributed by atoms with Gasteiger partial charge in [-0.2, -0.15) is 0 Å². The molecule has 2 heterocycles. The fourth-order valence-corrected chi connectivity index (χ4v) is 3.42. The van der Waals surface area contributed by atoms with Gasteiger partial charge in [0.15, 0.2) is 5.78 Å². The Morgan fingerprint density at radius 3 is 2.32 bits per heavy atom. The van der Waals surface area contributed by atoms with Crippen LogP contribution in [0.1, 0.15) is 23.2 Å². The van der Waals surface area contributed by atoms with Crippen molar-refractivity contribution >= 4 is 23.1 Å². The van der Waals surface area contributed by atoms with E-state index < -0.39 is 0 Å². The van der Waals surface area contributed by atoms with Crippen LogP contribution in [-0.4, -0.2) is 47.1 Å². The lowest BCUT2D eigenvalue weighted by Crippen LogP contribution is -2.46. The van der Waals surface area contributed by atoms with E-state index in [9.17, 15) is 4.79 Å². The van der Waals surface area contributed by atoms with E-state index in [1.807, 2.05) is 48.5 Å². The van der Waals surface area contributed by atoms with E-state index in [0.29, 0.717) is 23.3 Å². The second kappa shape index (κ2) is 8.12. The molecule has 0 aliphatic carbocycles. The van der Waals surface area contributed by atoms with Crippen LogP contribution >= 0.6 is 11.6 Å². The third kappa shape index (κ3) is 4.24. The van der Waals surface area contributed by atoms with Gasteiger partial charge in [0.25, 0.3) is 0 Å². The van der Waals surface area contributed by atoms with E-state index in [0.717, 1.165) is 43.0 Å². The number of anilines is 1. The molecule has 0 atom stereocenters. The van der Waals surface area contributed by atoms with Crippen LogP contribution < -0.4 is 4.90 Å². The maximum atomic E-state index is 11.4. The summed E-state index contributed by atoms with van der Waals surface area (Å²) in [5, 5.41) is 9.00. The van der Waals surface area contributed by atoms with Crippen molar-refractivity contribution in [1.82, 2.24) is 15.1 Å². The minimum absolute atomic E-state index is 0.0916. The van der Waals surface area contributed by atoms with Gasteiger partial charge in [-0.1, -0.05) is 11.6 Å². The zero-order valence-corrected chi connectivity index (χ0v) is 16.4. The molecular weight excluding hydrogens is 376 g/mol. The first-order chi connectivity index (χ1) is 13.6. The smallest absolute Gasteiger partial charge is 0.247 e. The number of aromatic nitrogens is 2. The van der Waals surface area contributed by atoms with E-state index in [4.69, 9.17) is 16.0 Å². The molecule has 0 unspecified atom stereocenters. The van der Waals surface area contributed by atoms with E-state index in [2.05, 4.69) is 20.0 Å². The van der Waals surface area contributed by atoms with Crippen molar-refractivity contribution in [2.24, 2.45) is 0 Å². The van der Waals surface area contributed by atoms with Gasteiger partial charge in [-0.25, -0.2) is 0 Å². The molecule has 4 rings (SSSR count). The van der Waals surface area contributed by atoms with Crippen molar-refractivity contribution in [3.63, 3.8) is 0 Å². The number of piperazine rings is 1. The van der Waals surface area contributed by atoms with Gasteiger partial charge < -0.3 is 9.32 Å². The Hall–Kier alpha value is -2.70. The first-order valence-corrected chi connectivity index (χ1v) is 9.63. The molecule has 0 radical (unpaired) electrons. The van der Waals surface area contributed by atoms with Gasteiger partial charge in [0, 0.05) is 48.0 Å². The molecule has 0 bridgehead atoms. The summed E-state index contributed by atoms with van der Waals surface area (Å²) in [6, 6.07) is 15.2. The average Bonchev–Trinajstić information content (AvgIpc) is 3.18. The number of Topliss-reactive ketones (excluding diaryl/α,β-unsaturated/α-hetero) is 1. The fraction of sp³-hybridized carbons (Fsp3) is 0.286.